The van der Waals surface area contributed by atoms with E-state index in [1.54, 1.807) is 12.4 Å². The van der Waals surface area contributed by atoms with Crippen molar-refractivity contribution in [1.82, 2.24) is 4.98 Å². The zero-order chi connectivity index (χ0) is 16.7. The normalized spacial score (nSPS) is 25.2. The van der Waals surface area contributed by atoms with Gasteiger partial charge in [-0.25, -0.2) is 4.99 Å². The number of nitrogens with zero attached hydrogens (tertiary/aromatic N) is 2. The second-order valence-electron chi connectivity index (χ2n) is 6.49. The number of aliphatic imine (C=N–C) groups is 1. The average molecular weight is 344 g/mol. The molecule has 2 atom stereocenters. The highest BCUT2D eigenvalue weighted by Gasteiger charge is 2.44. The second-order valence-corrected chi connectivity index (χ2v) is 6.93. The van der Waals surface area contributed by atoms with E-state index in [2.05, 4.69) is 28.2 Å². The van der Waals surface area contributed by atoms with Gasteiger partial charge in [-0.1, -0.05) is 23.7 Å². The van der Waals surface area contributed by atoms with E-state index >= 15 is 0 Å². The van der Waals surface area contributed by atoms with Crippen LogP contribution in [0.15, 0.2) is 41.7 Å². The third kappa shape index (κ3) is 2.54. The first-order valence-electron chi connectivity index (χ1n) is 7.93. The van der Waals surface area contributed by atoms with E-state index in [9.17, 15) is 5.11 Å². The van der Waals surface area contributed by atoms with E-state index in [1.165, 1.54) is 5.56 Å². The molecule has 2 heterocycles. The Morgan fingerprint density at radius 3 is 2.88 bits per heavy atom. The number of benzene rings is 1. The standard InChI is InChI=1S/C18H18ClN3O2/c19-15-4-14(7-21-8-15)12-1-2-13-3-11(9-23)6-18(16(13)5-12)10-24-17(20)22-18/h1-2,4-5,7-8,11,23H,3,6,9-10H2,(H2,20,22)/t11?,18-/m1/s1. The van der Waals surface area contributed by atoms with Crippen molar-refractivity contribution >= 4 is 17.6 Å². The van der Waals surface area contributed by atoms with Crippen molar-refractivity contribution in [2.75, 3.05) is 13.2 Å². The van der Waals surface area contributed by atoms with Crippen LogP contribution < -0.4 is 5.73 Å². The molecule has 1 unspecified atom stereocenters. The summed E-state index contributed by atoms with van der Waals surface area (Å²) in [6.45, 7) is 0.552. The van der Waals surface area contributed by atoms with Crippen LogP contribution in [-0.2, 0) is 16.7 Å². The molecule has 5 nitrogen and oxygen atoms in total. The molecule has 1 aliphatic carbocycles. The van der Waals surface area contributed by atoms with Gasteiger partial charge in [-0.2, -0.15) is 0 Å². The topological polar surface area (TPSA) is 80.7 Å². The molecule has 0 fully saturated rings. The highest BCUT2D eigenvalue weighted by molar-refractivity contribution is 6.30. The number of ether oxygens (including phenoxy) is 1. The van der Waals surface area contributed by atoms with E-state index in [1.807, 2.05) is 6.07 Å². The van der Waals surface area contributed by atoms with Gasteiger partial charge in [0.1, 0.15) is 12.1 Å². The minimum absolute atomic E-state index is 0.135. The largest absolute Gasteiger partial charge is 0.462 e. The highest BCUT2D eigenvalue weighted by atomic mass is 35.5. The molecule has 1 aliphatic heterocycles. The number of nitrogens with two attached hydrogens (primary N) is 1. The zero-order valence-corrected chi connectivity index (χ0v) is 13.8. The number of rotatable bonds is 2. The Morgan fingerprint density at radius 1 is 1.29 bits per heavy atom. The van der Waals surface area contributed by atoms with Crippen LogP contribution in [0.25, 0.3) is 11.1 Å². The number of aromatic nitrogens is 1. The van der Waals surface area contributed by atoms with Crippen LogP contribution in [-0.4, -0.2) is 29.3 Å². The molecule has 0 saturated heterocycles. The molecule has 124 valence electrons. The maximum Gasteiger partial charge on any atom is 0.283 e. The van der Waals surface area contributed by atoms with Gasteiger partial charge >= 0.3 is 0 Å². The summed E-state index contributed by atoms with van der Waals surface area (Å²) in [5, 5.41) is 10.2. The molecule has 0 bridgehead atoms. The molecule has 2 aliphatic rings. The molecule has 6 heteroatoms. The molecule has 24 heavy (non-hydrogen) atoms. The first kappa shape index (κ1) is 15.4. The molecule has 1 aromatic heterocycles. The van der Waals surface area contributed by atoms with Gasteiger partial charge in [0.25, 0.3) is 6.02 Å². The van der Waals surface area contributed by atoms with Crippen LogP contribution in [0.5, 0.6) is 0 Å². The van der Waals surface area contributed by atoms with Gasteiger partial charge in [0.2, 0.25) is 0 Å². The molecule has 1 aromatic carbocycles. The van der Waals surface area contributed by atoms with Gasteiger partial charge in [0.15, 0.2) is 0 Å². The number of aliphatic hydroxyl groups excluding tert-OH is 1. The highest BCUT2D eigenvalue weighted by Crippen LogP contribution is 2.44. The molecule has 2 aromatic rings. The third-order valence-corrected chi connectivity index (χ3v) is 5.03. The van der Waals surface area contributed by atoms with E-state index in [0.717, 1.165) is 29.5 Å². The summed E-state index contributed by atoms with van der Waals surface area (Å²) in [5.74, 6) is 0.162. The fourth-order valence-electron chi connectivity index (χ4n) is 3.75. The number of fused-ring (bicyclic) bond motifs is 2. The maximum atomic E-state index is 9.65. The Kier molecular flexibility index (Phi) is 3.70. The Bertz CT molecular complexity index is 824. The van der Waals surface area contributed by atoms with Crippen molar-refractivity contribution < 1.29 is 9.84 Å². The minimum atomic E-state index is -0.507. The van der Waals surface area contributed by atoms with Crippen molar-refractivity contribution in [3.8, 4) is 11.1 Å². The molecule has 1 spiro atoms. The molecule has 0 radical (unpaired) electrons. The van der Waals surface area contributed by atoms with Gasteiger partial charge in [-0.05, 0) is 47.6 Å². The third-order valence-electron chi connectivity index (χ3n) is 4.83. The fraction of sp³-hybridized carbons (Fsp3) is 0.333. The molecule has 0 saturated carbocycles. The summed E-state index contributed by atoms with van der Waals surface area (Å²) in [6, 6.07) is 8.39. The van der Waals surface area contributed by atoms with Crippen LogP contribution in [0.3, 0.4) is 0 Å². The van der Waals surface area contributed by atoms with Crippen molar-refractivity contribution in [3.63, 3.8) is 0 Å². The van der Waals surface area contributed by atoms with Gasteiger partial charge in [0, 0.05) is 24.6 Å². The Morgan fingerprint density at radius 2 is 2.17 bits per heavy atom. The monoisotopic (exact) mass is 343 g/mol. The summed E-state index contributed by atoms with van der Waals surface area (Å²) in [4.78, 5) is 8.75. The molecule has 4 rings (SSSR count). The first-order valence-corrected chi connectivity index (χ1v) is 8.31. The summed E-state index contributed by atoms with van der Waals surface area (Å²) in [6.07, 6.45) is 4.97. The lowest BCUT2D eigenvalue weighted by molar-refractivity contribution is 0.154. The predicted molar refractivity (Wildman–Crippen MR) is 92.8 cm³/mol. The first-order chi connectivity index (χ1) is 11.6. The number of pyridine rings is 1. The molecule has 0 amide bonds. The Labute approximate surface area is 145 Å². The van der Waals surface area contributed by atoms with Gasteiger partial charge in [-0.3, -0.25) is 4.98 Å². The number of hydrogen-bond acceptors (Lipinski definition) is 5. The predicted octanol–water partition coefficient (Wildman–Crippen LogP) is 2.50. The van der Waals surface area contributed by atoms with E-state index < -0.39 is 5.54 Å². The summed E-state index contributed by atoms with van der Waals surface area (Å²) in [7, 11) is 0. The number of amidine groups is 1. The van der Waals surface area contributed by atoms with Crippen LogP contribution in [0.4, 0.5) is 0 Å². The fourth-order valence-corrected chi connectivity index (χ4v) is 3.92. The van der Waals surface area contributed by atoms with Gasteiger partial charge < -0.3 is 15.6 Å². The van der Waals surface area contributed by atoms with Crippen LogP contribution in [0, 0.1) is 5.92 Å². The quantitative estimate of drug-likeness (QED) is 0.877. The second kappa shape index (κ2) is 5.76. The zero-order valence-electron chi connectivity index (χ0n) is 13.1. The lowest BCUT2D eigenvalue weighted by Gasteiger charge is -2.36. The Balaban J connectivity index is 1.84. The van der Waals surface area contributed by atoms with Crippen LogP contribution >= 0.6 is 11.6 Å². The van der Waals surface area contributed by atoms with Crippen molar-refractivity contribution in [3.05, 3.63) is 52.8 Å². The average Bonchev–Trinajstić information content (AvgIpc) is 2.95. The van der Waals surface area contributed by atoms with Gasteiger partial charge in [0.05, 0.1) is 5.02 Å². The maximum absolute atomic E-state index is 9.65. The minimum Gasteiger partial charge on any atom is -0.462 e. The molecular formula is C18H18ClN3O2. The number of aliphatic hydroxyl groups is 1. The smallest absolute Gasteiger partial charge is 0.283 e. The van der Waals surface area contributed by atoms with Gasteiger partial charge in [-0.15, -0.1) is 0 Å². The van der Waals surface area contributed by atoms with Crippen molar-refractivity contribution in [2.24, 2.45) is 16.6 Å². The summed E-state index contributed by atoms with van der Waals surface area (Å²) < 4.78 is 5.47. The van der Waals surface area contributed by atoms with Crippen LogP contribution in [0.2, 0.25) is 5.02 Å². The number of halogens is 1. The number of hydrogen-bond donors (Lipinski definition) is 2. The molecular weight excluding hydrogens is 326 g/mol. The summed E-state index contributed by atoms with van der Waals surface area (Å²) in [5.41, 5.74) is 9.57. The van der Waals surface area contributed by atoms with Crippen LogP contribution in [0.1, 0.15) is 17.5 Å². The van der Waals surface area contributed by atoms with E-state index in [0.29, 0.717) is 11.6 Å². The van der Waals surface area contributed by atoms with Crippen molar-refractivity contribution in [1.29, 1.82) is 0 Å². The van der Waals surface area contributed by atoms with Crippen molar-refractivity contribution in [2.45, 2.75) is 18.4 Å². The lowest BCUT2D eigenvalue weighted by Crippen LogP contribution is -2.36. The van der Waals surface area contributed by atoms with E-state index in [-0.39, 0.29) is 18.5 Å². The lowest BCUT2D eigenvalue weighted by atomic mass is 9.72. The van der Waals surface area contributed by atoms with E-state index in [4.69, 9.17) is 22.1 Å². The SMILES string of the molecule is NC1=N[C@@]2(CO1)CC(CO)Cc1ccc(-c3cncc(Cl)c3)cc12. The molecule has 3 N–H and O–H groups in total. The Hall–Kier alpha value is -2.11. The summed E-state index contributed by atoms with van der Waals surface area (Å²) >= 11 is 6.07.